The Kier molecular flexibility index (Phi) is 10.3. The molecular weight excluding hydrogens is 649 g/mol. The van der Waals surface area contributed by atoms with E-state index in [1.165, 1.54) is 33.5 Å². The Morgan fingerprint density at radius 3 is 1.51 bits per heavy atom. The van der Waals surface area contributed by atoms with E-state index in [0.717, 1.165) is 11.8 Å². The number of fused-ring (bicyclic) bond motifs is 2. The van der Waals surface area contributed by atoms with Gasteiger partial charge in [0, 0.05) is 0 Å². The van der Waals surface area contributed by atoms with Gasteiger partial charge in [-0.25, -0.2) is 0 Å². The SMILES string of the molecule is Cc1ccccc1[C@H]1[CH-][C@@H]2C=C[C@H]1C2.[Pd+][I].c1ccc(P(c2ccccc2)c2ccccc2)cc1. The van der Waals surface area contributed by atoms with Crippen molar-refractivity contribution in [2.75, 3.05) is 0 Å². The van der Waals surface area contributed by atoms with Crippen LogP contribution in [0.1, 0.15) is 23.5 Å². The molecular formula is C32H30IPPd. The van der Waals surface area contributed by atoms with Gasteiger partial charge in [-0.15, -0.1) is 17.9 Å². The van der Waals surface area contributed by atoms with Crippen LogP contribution in [0.5, 0.6) is 0 Å². The van der Waals surface area contributed by atoms with Crippen LogP contribution in [0.15, 0.2) is 127 Å². The summed E-state index contributed by atoms with van der Waals surface area (Å²) in [7, 11) is -0.446. The molecule has 0 radical (unpaired) electrons. The topological polar surface area (TPSA) is 0 Å². The minimum Gasteiger partial charge on any atom is -0.0622 e. The van der Waals surface area contributed by atoms with E-state index in [1.54, 1.807) is 0 Å². The normalized spacial score (nSPS) is 19.5. The molecule has 2 aliphatic rings. The van der Waals surface area contributed by atoms with Crippen LogP contribution < -0.4 is 15.9 Å². The van der Waals surface area contributed by atoms with Crippen LogP contribution >= 0.6 is 27.4 Å². The van der Waals surface area contributed by atoms with Crippen LogP contribution in [0.25, 0.3) is 0 Å². The van der Waals surface area contributed by atoms with Crippen molar-refractivity contribution in [1.82, 2.24) is 0 Å². The zero-order valence-electron chi connectivity index (χ0n) is 19.8. The molecule has 0 unspecified atom stereocenters. The first kappa shape index (κ1) is 26.5. The molecule has 180 valence electrons. The molecule has 0 aromatic heterocycles. The Hall–Kier alpha value is -1.56. The Balaban J connectivity index is 0.000000160. The molecule has 2 aliphatic carbocycles. The van der Waals surface area contributed by atoms with E-state index in [2.05, 4.69) is 156 Å². The van der Waals surface area contributed by atoms with Crippen molar-refractivity contribution in [1.29, 1.82) is 0 Å². The molecule has 0 aliphatic heterocycles. The standard InChI is InChI=1S/C18H15P.C14H15.HI.Pd/c1-4-10-16(11-5-1)19(17-12-6-2-7-13-17)18-14-8-3-9-15-18;1-10-4-2-3-5-13(10)14-9-11-6-7-12(14)8-11;;/h1-15H;2-7,9,11-12,14H,8H2,1H3;1H;/q;-1;;+2/p-1/t;11-,12+,14+;;/m.1../s1. The first-order valence-corrected chi connectivity index (χ1v) is 17.9. The molecule has 3 heteroatoms. The zero-order chi connectivity index (χ0) is 24.5. The number of hydrogen-bond donors (Lipinski definition) is 0. The third-order valence-corrected chi connectivity index (χ3v) is 9.10. The van der Waals surface area contributed by atoms with E-state index in [9.17, 15) is 0 Å². The second-order valence-electron chi connectivity index (χ2n) is 8.87. The molecule has 0 saturated heterocycles. The van der Waals surface area contributed by atoms with Gasteiger partial charge in [0.05, 0.1) is 0 Å². The quantitative estimate of drug-likeness (QED) is 0.0680. The summed E-state index contributed by atoms with van der Waals surface area (Å²) in [5.41, 5.74) is 2.97. The van der Waals surface area contributed by atoms with Gasteiger partial charge in [0.25, 0.3) is 0 Å². The van der Waals surface area contributed by atoms with Crippen LogP contribution in [0.3, 0.4) is 0 Å². The van der Waals surface area contributed by atoms with Crippen LogP contribution in [-0.4, -0.2) is 0 Å². The molecule has 35 heavy (non-hydrogen) atoms. The first-order valence-electron chi connectivity index (χ1n) is 12.0. The number of allylic oxidation sites excluding steroid dienone is 2. The fourth-order valence-corrected chi connectivity index (χ4v) is 7.35. The van der Waals surface area contributed by atoms with Crippen LogP contribution in [0, 0.1) is 25.2 Å². The summed E-state index contributed by atoms with van der Waals surface area (Å²) in [6.07, 6.45) is 8.63. The molecule has 4 aromatic carbocycles. The molecule has 1 fully saturated rings. The van der Waals surface area contributed by atoms with Crippen molar-refractivity contribution in [2.24, 2.45) is 11.8 Å². The molecule has 2 bridgehead atoms. The van der Waals surface area contributed by atoms with Gasteiger partial charge in [0.1, 0.15) is 0 Å². The number of hydrogen-bond acceptors (Lipinski definition) is 0. The smallest absolute Gasteiger partial charge is 0.0134 e. The third-order valence-electron chi connectivity index (χ3n) is 6.66. The molecule has 3 atom stereocenters. The maximum Gasteiger partial charge on any atom is -0.0134 e. The van der Waals surface area contributed by atoms with E-state index in [4.69, 9.17) is 0 Å². The van der Waals surface area contributed by atoms with E-state index in [-0.39, 0.29) is 0 Å². The molecule has 0 N–H and O–H groups in total. The van der Waals surface area contributed by atoms with Crippen LogP contribution in [0.2, 0.25) is 0 Å². The summed E-state index contributed by atoms with van der Waals surface area (Å²) < 4.78 is 0. The summed E-state index contributed by atoms with van der Waals surface area (Å²) >= 11 is 4.72. The minimum absolute atomic E-state index is 0.446. The largest absolute Gasteiger partial charge is 0.0622 e. The second-order valence-corrected chi connectivity index (χ2v) is 11.1. The number of halogens is 1. The zero-order valence-corrected chi connectivity index (χ0v) is 24.4. The van der Waals surface area contributed by atoms with E-state index in [0.29, 0.717) is 5.92 Å². The van der Waals surface area contributed by atoms with Crippen molar-refractivity contribution in [2.45, 2.75) is 19.3 Å². The van der Waals surface area contributed by atoms with Gasteiger partial charge < -0.3 is 6.42 Å². The van der Waals surface area contributed by atoms with Gasteiger partial charge in [-0.05, 0) is 36.7 Å². The molecule has 0 amide bonds. The predicted molar refractivity (Wildman–Crippen MR) is 158 cm³/mol. The predicted octanol–water partition coefficient (Wildman–Crippen LogP) is 7.82. The second kappa shape index (κ2) is 13.7. The minimum atomic E-state index is -0.446. The average Bonchev–Trinajstić information content (AvgIpc) is 3.57. The van der Waals surface area contributed by atoms with Crippen molar-refractivity contribution in [3.8, 4) is 0 Å². The van der Waals surface area contributed by atoms with Crippen LogP contribution in [-0.2, 0) is 15.6 Å². The molecule has 4 aromatic rings. The maximum atomic E-state index is 2.72. The Morgan fingerprint density at radius 2 is 1.11 bits per heavy atom. The van der Waals surface area contributed by atoms with Gasteiger partial charge in [0.2, 0.25) is 0 Å². The van der Waals surface area contributed by atoms with Crippen molar-refractivity contribution in [3.05, 3.63) is 145 Å². The van der Waals surface area contributed by atoms with Gasteiger partial charge in [-0.1, -0.05) is 139 Å². The monoisotopic (exact) mass is 678 g/mol. The fraction of sp³-hybridized carbons (Fsp3) is 0.156. The van der Waals surface area contributed by atoms with Crippen molar-refractivity contribution in [3.63, 3.8) is 0 Å². The van der Waals surface area contributed by atoms with E-state index < -0.39 is 7.92 Å². The van der Waals surface area contributed by atoms with E-state index >= 15 is 0 Å². The Morgan fingerprint density at radius 1 is 0.657 bits per heavy atom. The van der Waals surface area contributed by atoms with Crippen LogP contribution in [0.4, 0.5) is 0 Å². The molecule has 0 nitrogen and oxygen atoms in total. The van der Waals surface area contributed by atoms with Crippen molar-refractivity contribution < 1.29 is 15.6 Å². The number of aryl methyl sites for hydroxylation is 1. The Labute approximate surface area is 233 Å². The maximum absolute atomic E-state index is 2.72. The first-order chi connectivity index (χ1) is 17.3. The molecule has 6 rings (SSSR count). The van der Waals surface area contributed by atoms with Gasteiger partial charge in [-0.3, -0.25) is 0 Å². The molecule has 1 saturated carbocycles. The molecule has 0 spiro atoms. The summed E-state index contributed by atoms with van der Waals surface area (Å²) in [4.78, 5) is 0. The molecule has 0 heterocycles. The average molecular weight is 679 g/mol. The van der Waals surface area contributed by atoms with Gasteiger partial charge in [-0.2, -0.15) is 0 Å². The summed E-state index contributed by atoms with van der Waals surface area (Å²) in [6.45, 7) is 2.22. The number of rotatable bonds is 4. The summed E-state index contributed by atoms with van der Waals surface area (Å²) in [6, 6.07) is 41.1. The van der Waals surface area contributed by atoms with E-state index in [1.807, 2.05) is 19.5 Å². The Bertz CT molecular complexity index is 1100. The summed E-state index contributed by atoms with van der Waals surface area (Å²) in [5, 5.41) is 4.19. The number of benzene rings is 4. The van der Waals surface area contributed by atoms with Gasteiger partial charge >= 0.3 is 35.1 Å². The summed E-state index contributed by atoms with van der Waals surface area (Å²) in [5.74, 6) is 2.22. The van der Waals surface area contributed by atoms with Gasteiger partial charge in [0.15, 0.2) is 0 Å². The van der Waals surface area contributed by atoms with Crippen molar-refractivity contribution >= 4 is 43.3 Å². The fourth-order valence-electron chi connectivity index (χ4n) is 5.05. The third kappa shape index (κ3) is 6.81.